The van der Waals surface area contributed by atoms with E-state index in [4.69, 9.17) is 0 Å². The van der Waals surface area contributed by atoms with E-state index in [9.17, 15) is 18.3 Å². The number of thioether (sulfide) groups is 1. The van der Waals surface area contributed by atoms with Gasteiger partial charge in [-0.3, -0.25) is 4.79 Å². The SMILES string of the molecule is CCCS[C@@H]1C[C@@H](c2ccc(CC)cc2)N(S(=O)(=O)c2ccc(C)cc2)C[C@H]1C(=O)O. The average Bonchev–Trinajstić information content (AvgIpc) is 2.77. The predicted octanol–water partition coefficient (Wildman–Crippen LogP) is 4.91. The van der Waals surface area contributed by atoms with Crippen molar-refractivity contribution in [1.82, 2.24) is 4.31 Å². The molecule has 0 radical (unpaired) electrons. The van der Waals surface area contributed by atoms with Gasteiger partial charge in [0.15, 0.2) is 0 Å². The number of rotatable bonds is 8. The largest absolute Gasteiger partial charge is 0.481 e. The smallest absolute Gasteiger partial charge is 0.308 e. The molecule has 0 aromatic heterocycles. The van der Waals surface area contributed by atoms with Crippen molar-refractivity contribution < 1.29 is 18.3 Å². The summed E-state index contributed by atoms with van der Waals surface area (Å²) in [5.74, 6) is -0.805. The second kappa shape index (κ2) is 10.2. The number of hydrogen-bond acceptors (Lipinski definition) is 4. The lowest BCUT2D eigenvalue weighted by atomic mass is 9.90. The van der Waals surface area contributed by atoms with E-state index in [1.165, 1.54) is 9.87 Å². The molecule has 0 bridgehead atoms. The standard InChI is InChI=1S/C24H31NO4S2/c1-4-14-30-23-15-22(19-10-8-18(5-2)9-11-19)25(16-21(23)24(26)27)31(28,29)20-12-6-17(3)7-13-20/h6-13,21-23H,4-5,14-16H2,1-3H3,(H,26,27)/t21-,22+,23-/m1/s1. The molecular formula is C24H31NO4S2. The summed E-state index contributed by atoms with van der Waals surface area (Å²) < 4.78 is 28.7. The Hall–Kier alpha value is -1.83. The zero-order valence-corrected chi connectivity index (χ0v) is 20.0. The second-order valence-corrected chi connectivity index (χ2v) is 11.3. The summed E-state index contributed by atoms with van der Waals surface area (Å²) in [5, 5.41) is 9.76. The van der Waals surface area contributed by atoms with Gasteiger partial charge in [0.25, 0.3) is 0 Å². The first-order valence-corrected chi connectivity index (χ1v) is 13.3. The van der Waals surface area contributed by atoms with Crippen LogP contribution in [0, 0.1) is 12.8 Å². The van der Waals surface area contributed by atoms with Crippen molar-refractivity contribution in [3.63, 3.8) is 0 Å². The molecular weight excluding hydrogens is 430 g/mol. The molecule has 3 atom stereocenters. The van der Waals surface area contributed by atoms with Crippen molar-refractivity contribution in [2.45, 2.75) is 56.2 Å². The molecule has 0 saturated carbocycles. The van der Waals surface area contributed by atoms with E-state index in [1.807, 2.05) is 31.2 Å². The lowest BCUT2D eigenvalue weighted by Crippen LogP contribution is -2.49. The molecule has 0 aliphatic carbocycles. The van der Waals surface area contributed by atoms with Gasteiger partial charge < -0.3 is 5.11 Å². The topological polar surface area (TPSA) is 74.7 Å². The summed E-state index contributed by atoms with van der Waals surface area (Å²) >= 11 is 1.65. The van der Waals surface area contributed by atoms with Crippen LogP contribution in [0.4, 0.5) is 0 Å². The molecule has 3 rings (SSSR count). The van der Waals surface area contributed by atoms with Gasteiger partial charge in [0, 0.05) is 11.8 Å². The molecule has 7 heteroatoms. The summed E-state index contributed by atoms with van der Waals surface area (Å²) in [6, 6.07) is 14.4. The summed E-state index contributed by atoms with van der Waals surface area (Å²) in [7, 11) is -3.84. The fraction of sp³-hybridized carbons (Fsp3) is 0.458. The van der Waals surface area contributed by atoms with E-state index < -0.39 is 21.9 Å². The Bertz CT molecular complexity index is 987. The van der Waals surface area contributed by atoms with E-state index in [0.717, 1.165) is 29.7 Å². The van der Waals surface area contributed by atoms with E-state index in [0.29, 0.717) is 6.42 Å². The van der Waals surface area contributed by atoms with Crippen LogP contribution in [0.25, 0.3) is 0 Å². The number of nitrogens with zero attached hydrogens (tertiary/aromatic N) is 1. The number of benzene rings is 2. The molecule has 0 spiro atoms. The Kier molecular flexibility index (Phi) is 7.83. The minimum atomic E-state index is -3.84. The molecule has 5 nitrogen and oxygen atoms in total. The highest BCUT2D eigenvalue weighted by atomic mass is 32.2. The van der Waals surface area contributed by atoms with Crippen LogP contribution in [-0.2, 0) is 21.2 Å². The van der Waals surface area contributed by atoms with Crippen molar-refractivity contribution in [1.29, 1.82) is 0 Å². The normalized spacial score (nSPS) is 22.4. The van der Waals surface area contributed by atoms with Crippen LogP contribution >= 0.6 is 11.8 Å². The van der Waals surface area contributed by atoms with Crippen LogP contribution in [0.2, 0.25) is 0 Å². The maximum Gasteiger partial charge on any atom is 0.308 e. The van der Waals surface area contributed by atoms with Crippen LogP contribution in [0.3, 0.4) is 0 Å². The van der Waals surface area contributed by atoms with Gasteiger partial charge in [-0.25, -0.2) is 8.42 Å². The first-order chi connectivity index (χ1) is 14.8. The van der Waals surface area contributed by atoms with Crippen LogP contribution in [0.1, 0.15) is 49.4 Å². The average molecular weight is 462 g/mol. The number of carbonyl (C=O) groups is 1. The Balaban J connectivity index is 2.04. The lowest BCUT2D eigenvalue weighted by molar-refractivity contribution is -0.143. The monoisotopic (exact) mass is 461 g/mol. The third kappa shape index (κ3) is 5.33. The zero-order valence-electron chi connectivity index (χ0n) is 18.3. The minimum Gasteiger partial charge on any atom is -0.481 e. The molecule has 0 unspecified atom stereocenters. The fourth-order valence-corrected chi connectivity index (χ4v) is 6.96. The molecule has 1 saturated heterocycles. The van der Waals surface area contributed by atoms with Gasteiger partial charge in [-0.1, -0.05) is 55.8 Å². The Labute approximate surface area is 189 Å². The van der Waals surface area contributed by atoms with Crippen LogP contribution in [0.5, 0.6) is 0 Å². The Morgan fingerprint density at radius 1 is 1.10 bits per heavy atom. The number of carboxylic acid groups (broad SMARTS) is 1. The van der Waals surface area contributed by atoms with E-state index in [2.05, 4.69) is 13.8 Å². The van der Waals surface area contributed by atoms with Crippen molar-refractivity contribution in [3.8, 4) is 0 Å². The van der Waals surface area contributed by atoms with Gasteiger partial charge in [0.1, 0.15) is 0 Å². The number of piperidine rings is 1. The molecule has 0 amide bonds. The summed E-state index contributed by atoms with van der Waals surface area (Å²) in [6.07, 6.45) is 2.35. The van der Waals surface area contributed by atoms with Gasteiger partial charge in [0.05, 0.1) is 16.9 Å². The minimum absolute atomic E-state index is 0.0207. The number of aryl methyl sites for hydroxylation is 2. The van der Waals surface area contributed by atoms with Crippen molar-refractivity contribution in [3.05, 3.63) is 65.2 Å². The first-order valence-electron chi connectivity index (χ1n) is 10.8. The van der Waals surface area contributed by atoms with Gasteiger partial charge in [0.2, 0.25) is 10.0 Å². The molecule has 31 heavy (non-hydrogen) atoms. The number of aliphatic carboxylic acids is 1. The fourth-order valence-electron chi connectivity index (χ4n) is 4.02. The molecule has 2 aromatic rings. The number of carboxylic acids is 1. The Morgan fingerprint density at radius 2 is 1.74 bits per heavy atom. The van der Waals surface area contributed by atoms with Crippen LogP contribution in [-0.4, -0.2) is 41.3 Å². The summed E-state index contributed by atoms with van der Waals surface area (Å²) in [4.78, 5) is 12.3. The third-order valence-electron chi connectivity index (χ3n) is 5.88. The van der Waals surface area contributed by atoms with Gasteiger partial charge >= 0.3 is 5.97 Å². The molecule has 168 valence electrons. The highest BCUT2D eigenvalue weighted by Crippen LogP contribution is 2.42. The molecule has 1 fully saturated rings. The summed E-state index contributed by atoms with van der Waals surface area (Å²) in [6.45, 7) is 6.04. The third-order valence-corrected chi connectivity index (χ3v) is 9.36. The van der Waals surface area contributed by atoms with Gasteiger partial charge in [-0.15, -0.1) is 0 Å². The van der Waals surface area contributed by atoms with Crippen molar-refractivity contribution >= 4 is 27.8 Å². The second-order valence-electron chi connectivity index (χ2n) is 8.09. The molecule has 1 aliphatic rings. The number of hydrogen-bond donors (Lipinski definition) is 1. The predicted molar refractivity (Wildman–Crippen MR) is 126 cm³/mol. The van der Waals surface area contributed by atoms with Crippen LogP contribution < -0.4 is 0 Å². The summed E-state index contributed by atoms with van der Waals surface area (Å²) in [5.41, 5.74) is 3.08. The lowest BCUT2D eigenvalue weighted by Gasteiger charge is -2.41. The highest BCUT2D eigenvalue weighted by molar-refractivity contribution is 7.99. The quantitative estimate of drug-likeness (QED) is 0.605. The highest BCUT2D eigenvalue weighted by Gasteiger charge is 2.45. The number of sulfonamides is 1. The van der Waals surface area contributed by atoms with Crippen LogP contribution in [0.15, 0.2) is 53.4 Å². The van der Waals surface area contributed by atoms with E-state index >= 15 is 0 Å². The molecule has 2 aromatic carbocycles. The van der Waals surface area contributed by atoms with Gasteiger partial charge in [-0.05, 0) is 55.2 Å². The molecule has 1 heterocycles. The zero-order chi connectivity index (χ0) is 22.6. The van der Waals surface area contributed by atoms with Gasteiger partial charge in [-0.2, -0.15) is 16.1 Å². The van der Waals surface area contributed by atoms with E-state index in [-0.39, 0.29) is 22.7 Å². The molecule has 1 aliphatic heterocycles. The maximum absolute atomic E-state index is 13.6. The molecule has 1 N–H and O–H groups in total. The maximum atomic E-state index is 13.6. The first kappa shape index (κ1) is 23.8. The van der Waals surface area contributed by atoms with Crippen molar-refractivity contribution in [2.24, 2.45) is 5.92 Å². The van der Waals surface area contributed by atoms with Crippen molar-refractivity contribution in [2.75, 3.05) is 12.3 Å². The van der Waals surface area contributed by atoms with E-state index in [1.54, 1.807) is 36.0 Å². The Morgan fingerprint density at radius 3 is 2.29 bits per heavy atom.